The van der Waals surface area contributed by atoms with E-state index in [9.17, 15) is 4.79 Å². The SMILES string of the molecule is COCCCCn1nnc(CC(N)=O)c1CC1CC1. The highest BCUT2D eigenvalue weighted by Crippen LogP contribution is 2.33. The summed E-state index contributed by atoms with van der Waals surface area (Å²) in [6, 6.07) is 0. The molecule has 1 heterocycles. The van der Waals surface area contributed by atoms with E-state index >= 15 is 0 Å². The molecule has 1 aliphatic rings. The minimum atomic E-state index is -0.344. The number of hydrogen-bond acceptors (Lipinski definition) is 4. The lowest BCUT2D eigenvalue weighted by atomic mass is 10.1. The summed E-state index contributed by atoms with van der Waals surface area (Å²) in [5, 5.41) is 8.28. The molecular formula is C13H22N4O2. The van der Waals surface area contributed by atoms with Crippen LogP contribution in [0.3, 0.4) is 0 Å². The van der Waals surface area contributed by atoms with Crippen molar-refractivity contribution in [1.82, 2.24) is 15.0 Å². The molecule has 19 heavy (non-hydrogen) atoms. The van der Waals surface area contributed by atoms with Gasteiger partial charge in [0.1, 0.15) is 0 Å². The molecule has 2 N–H and O–H groups in total. The lowest BCUT2D eigenvalue weighted by molar-refractivity contribution is -0.117. The zero-order valence-corrected chi connectivity index (χ0v) is 11.5. The van der Waals surface area contributed by atoms with E-state index in [1.807, 2.05) is 4.68 Å². The molecule has 0 saturated heterocycles. The van der Waals surface area contributed by atoms with Crippen LogP contribution in [0.4, 0.5) is 0 Å². The predicted molar refractivity (Wildman–Crippen MR) is 70.5 cm³/mol. The zero-order chi connectivity index (χ0) is 13.7. The number of nitrogens with zero attached hydrogens (tertiary/aromatic N) is 3. The Labute approximate surface area is 113 Å². The van der Waals surface area contributed by atoms with Gasteiger partial charge < -0.3 is 10.5 Å². The van der Waals surface area contributed by atoms with Crippen LogP contribution in [0.15, 0.2) is 0 Å². The molecule has 0 radical (unpaired) electrons. The Kier molecular flexibility index (Phi) is 4.90. The molecule has 1 fully saturated rings. The number of nitrogens with two attached hydrogens (primary N) is 1. The van der Waals surface area contributed by atoms with Crippen molar-refractivity contribution in [2.45, 2.75) is 45.1 Å². The first-order valence-corrected chi connectivity index (χ1v) is 6.89. The number of methoxy groups -OCH3 is 1. The van der Waals surface area contributed by atoms with Gasteiger partial charge in [-0.3, -0.25) is 4.79 Å². The fourth-order valence-corrected chi connectivity index (χ4v) is 2.18. The largest absolute Gasteiger partial charge is 0.385 e. The molecule has 0 bridgehead atoms. The van der Waals surface area contributed by atoms with Gasteiger partial charge in [0.15, 0.2) is 0 Å². The van der Waals surface area contributed by atoms with Crippen molar-refractivity contribution in [3.05, 3.63) is 11.4 Å². The second kappa shape index (κ2) is 6.65. The van der Waals surface area contributed by atoms with E-state index < -0.39 is 0 Å². The Morgan fingerprint density at radius 2 is 2.26 bits per heavy atom. The van der Waals surface area contributed by atoms with Gasteiger partial charge in [-0.2, -0.15) is 0 Å². The Morgan fingerprint density at radius 3 is 2.89 bits per heavy atom. The first-order chi connectivity index (χ1) is 9.20. The van der Waals surface area contributed by atoms with Crippen molar-refractivity contribution in [1.29, 1.82) is 0 Å². The molecule has 6 heteroatoms. The molecule has 0 aliphatic heterocycles. The van der Waals surface area contributed by atoms with Crippen LogP contribution < -0.4 is 5.73 Å². The van der Waals surface area contributed by atoms with Crippen LogP contribution in [0, 0.1) is 5.92 Å². The number of amides is 1. The number of carbonyl (C=O) groups is 1. The van der Waals surface area contributed by atoms with Gasteiger partial charge in [0.05, 0.1) is 17.8 Å². The van der Waals surface area contributed by atoms with Crippen molar-refractivity contribution >= 4 is 5.91 Å². The van der Waals surface area contributed by atoms with Gasteiger partial charge in [-0.05, 0) is 38.0 Å². The molecule has 0 atom stereocenters. The number of hydrogen-bond donors (Lipinski definition) is 1. The number of primary amides is 1. The molecule has 0 aromatic carbocycles. The lowest BCUT2D eigenvalue weighted by Crippen LogP contribution is -2.16. The summed E-state index contributed by atoms with van der Waals surface area (Å²) in [6.07, 6.45) is 5.71. The van der Waals surface area contributed by atoms with E-state index in [-0.39, 0.29) is 12.3 Å². The molecule has 1 aromatic heterocycles. The normalized spacial score (nSPS) is 14.8. The second-order valence-corrected chi connectivity index (χ2v) is 5.20. The topological polar surface area (TPSA) is 83.0 Å². The minimum absolute atomic E-state index is 0.195. The standard InChI is InChI=1S/C13H22N4O2/c1-19-7-3-2-6-17-12(8-10-4-5-10)11(15-16-17)9-13(14)18/h10H,2-9H2,1H3,(H2,14,18). The van der Waals surface area contributed by atoms with Crippen molar-refractivity contribution in [2.24, 2.45) is 11.7 Å². The molecule has 0 spiro atoms. The molecule has 1 aliphatic carbocycles. The van der Waals surface area contributed by atoms with Crippen molar-refractivity contribution in [3.8, 4) is 0 Å². The van der Waals surface area contributed by atoms with E-state index in [4.69, 9.17) is 10.5 Å². The Bertz CT molecular complexity index is 426. The summed E-state index contributed by atoms with van der Waals surface area (Å²) in [5.74, 6) is 0.395. The average molecular weight is 266 g/mol. The number of unbranched alkanes of at least 4 members (excludes halogenated alkanes) is 1. The van der Waals surface area contributed by atoms with Gasteiger partial charge in [-0.15, -0.1) is 5.10 Å². The maximum atomic E-state index is 11.1. The van der Waals surface area contributed by atoms with Crippen LogP contribution in [0.2, 0.25) is 0 Å². The maximum Gasteiger partial charge on any atom is 0.223 e. The van der Waals surface area contributed by atoms with E-state index in [0.29, 0.717) is 0 Å². The van der Waals surface area contributed by atoms with Crippen LogP contribution in [0.5, 0.6) is 0 Å². The van der Waals surface area contributed by atoms with Gasteiger partial charge in [-0.25, -0.2) is 4.68 Å². The van der Waals surface area contributed by atoms with Gasteiger partial charge in [0.2, 0.25) is 5.91 Å². The molecule has 6 nitrogen and oxygen atoms in total. The van der Waals surface area contributed by atoms with Crippen LogP contribution in [-0.2, 0) is 28.9 Å². The van der Waals surface area contributed by atoms with Crippen molar-refractivity contribution < 1.29 is 9.53 Å². The smallest absolute Gasteiger partial charge is 0.223 e. The number of aromatic nitrogens is 3. The zero-order valence-electron chi connectivity index (χ0n) is 11.5. The second-order valence-electron chi connectivity index (χ2n) is 5.20. The molecular weight excluding hydrogens is 244 g/mol. The third kappa shape index (κ3) is 4.31. The summed E-state index contributed by atoms with van der Waals surface area (Å²) in [7, 11) is 1.71. The minimum Gasteiger partial charge on any atom is -0.385 e. The van der Waals surface area contributed by atoms with Crippen LogP contribution in [0.25, 0.3) is 0 Å². The summed E-state index contributed by atoms with van der Waals surface area (Å²) in [5.41, 5.74) is 7.11. The highest BCUT2D eigenvalue weighted by Gasteiger charge is 2.26. The Balaban J connectivity index is 1.99. The highest BCUT2D eigenvalue weighted by atomic mass is 16.5. The van der Waals surface area contributed by atoms with E-state index in [0.717, 1.165) is 49.7 Å². The molecule has 1 amide bonds. The molecule has 106 valence electrons. The van der Waals surface area contributed by atoms with Crippen LogP contribution in [-0.4, -0.2) is 34.6 Å². The third-order valence-electron chi connectivity index (χ3n) is 3.41. The summed E-state index contributed by atoms with van der Waals surface area (Å²) in [4.78, 5) is 11.1. The van der Waals surface area contributed by atoms with Crippen molar-refractivity contribution in [3.63, 3.8) is 0 Å². The summed E-state index contributed by atoms with van der Waals surface area (Å²) in [6.45, 7) is 1.60. The van der Waals surface area contributed by atoms with E-state index in [1.165, 1.54) is 12.8 Å². The lowest BCUT2D eigenvalue weighted by Gasteiger charge is -2.07. The molecule has 1 saturated carbocycles. The van der Waals surface area contributed by atoms with Crippen LogP contribution >= 0.6 is 0 Å². The van der Waals surface area contributed by atoms with E-state index in [2.05, 4.69) is 10.3 Å². The highest BCUT2D eigenvalue weighted by molar-refractivity contribution is 5.76. The number of ether oxygens (including phenoxy) is 1. The van der Waals surface area contributed by atoms with Crippen molar-refractivity contribution in [2.75, 3.05) is 13.7 Å². The maximum absolute atomic E-state index is 11.1. The average Bonchev–Trinajstić information content (AvgIpc) is 3.11. The first kappa shape index (κ1) is 14.0. The van der Waals surface area contributed by atoms with Gasteiger partial charge in [-0.1, -0.05) is 5.21 Å². The fraction of sp³-hybridized carbons (Fsp3) is 0.769. The summed E-state index contributed by atoms with van der Waals surface area (Å²) >= 11 is 0. The van der Waals surface area contributed by atoms with E-state index in [1.54, 1.807) is 7.11 Å². The quantitative estimate of drug-likeness (QED) is 0.666. The molecule has 2 rings (SSSR count). The Hall–Kier alpha value is -1.43. The van der Waals surface area contributed by atoms with Gasteiger partial charge in [0, 0.05) is 20.3 Å². The number of rotatable bonds is 9. The molecule has 1 aromatic rings. The molecule has 0 unspecified atom stereocenters. The summed E-state index contributed by atoms with van der Waals surface area (Å²) < 4.78 is 6.97. The van der Waals surface area contributed by atoms with Crippen LogP contribution in [0.1, 0.15) is 37.1 Å². The number of carbonyl (C=O) groups excluding carboxylic acids is 1. The number of aryl methyl sites for hydroxylation is 1. The first-order valence-electron chi connectivity index (χ1n) is 6.89. The third-order valence-corrected chi connectivity index (χ3v) is 3.41. The fourth-order valence-electron chi connectivity index (χ4n) is 2.18. The Morgan fingerprint density at radius 1 is 1.47 bits per heavy atom. The van der Waals surface area contributed by atoms with Gasteiger partial charge >= 0.3 is 0 Å². The van der Waals surface area contributed by atoms with Gasteiger partial charge in [0.25, 0.3) is 0 Å². The monoisotopic (exact) mass is 266 g/mol. The predicted octanol–water partition coefficient (Wildman–Crippen LogP) is 0.685.